The van der Waals surface area contributed by atoms with Crippen LogP contribution < -0.4 is 0 Å². The minimum atomic E-state index is -1.76. The van der Waals surface area contributed by atoms with E-state index in [-0.39, 0.29) is 18.3 Å². The van der Waals surface area contributed by atoms with Crippen molar-refractivity contribution in [2.75, 3.05) is 27.9 Å². The first kappa shape index (κ1) is 21.7. The smallest absolute Gasteiger partial charge is 0.184 e. The minimum Gasteiger partial charge on any atom is -0.415 e. The van der Waals surface area contributed by atoms with Crippen molar-refractivity contribution in [2.45, 2.75) is 57.6 Å². The van der Waals surface area contributed by atoms with E-state index in [2.05, 4.69) is 44.4 Å². The predicted molar refractivity (Wildman–Crippen MR) is 94.6 cm³/mol. The summed E-state index contributed by atoms with van der Waals surface area (Å²) in [7, 11) is 1.35. The standard InChI is InChI=1S/C14H33NO5Si2/c1-16-12(10-15-18-3)14(17-2)13(20-22(7,8)9)11-19-21(4,5)6/h10,12-14H,11H2,1-9H3/b15-10+. The second kappa shape index (κ2) is 9.79. The fraction of sp³-hybridized carbons (Fsp3) is 0.929. The van der Waals surface area contributed by atoms with E-state index in [1.807, 2.05) is 0 Å². The summed E-state index contributed by atoms with van der Waals surface area (Å²) >= 11 is 0. The molecule has 3 atom stereocenters. The number of hydrogen-bond acceptors (Lipinski definition) is 6. The molecule has 0 aliphatic rings. The van der Waals surface area contributed by atoms with Gasteiger partial charge in [-0.05, 0) is 39.3 Å². The molecule has 0 amide bonds. The highest BCUT2D eigenvalue weighted by Crippen LogP contribution is 2.18. The largest absolute Gasteiger partial charge is 0.415 e. The molecule has 0 aromatic heterocycles. The van der Waals surface area contributed by atoms with Gasteiger partial charge in [0, 0.05) is 14.2 Å². The number of rotatable bonds is 11. The normalized spacial score (nSPS) is 17.5. The lowest BCUT2D eigenvalue weighted by Crippen LogP contribution is -2.50. The fourth-order valence-corrected chi connectivity index (χ4v) is 3.65. The quantitative estimate of drug-likeness (QED) is 0.325. The summed E-state index contributed by atoms with van der Waals surface area (Å²) in [5.41, 5.74) is 0. The Bertz CT molecular complexity index is 328. The molecule has 3 unspecified atom stereocenters. The van der Waals surface area contributed by atoms with Gasteiger partial charge in [-0.25, -0.2) is 0 Å². The average molecular weight is 352 g/mol. The molecule has 132 valence electrons. The van der Waals surface area contributed by atoms with Gasteiger partial charge in [0.15, 0.2) is 16.6 Å². The molecule has 0 fully saturated rings. The Morgan fingerprint density at radius 2 is 1.50 bits per heavy atom. The highest BCUT2D eigenvalue weighted by atomic mass is 28.4. The molecule has 0 radical (unpaired) electrons. The van der Waals surface area contributed by atoms with E-state index in [9.17, 15) is 0 Å². The molecule has 0 heterocycles. The third-order valence-electron chi connectivity index (χ3n) is 2.73. The van der Waals surface area contributed by atoms with Gasteiger partial charge in [-0.1, -0.05) is 5.16 Å². The molecular weight excluding hydrogens is 318 g/mol. The summed E-state index contributed by atoms with van der Waals surface area (Å²) in [6.07, 6.45) is 0.698. The molecule has 6 nitrogen and oxygen atoms in total. The van der Waals surface area contributed by atoms with Crippen LogP contribution in [0.2, 0.25) is 39.3 Å². The summed E-state index contributed by atoms with van der Waals surface area (Å²) in [4.78, 5) is 4.74. The number of methoxy groups -OCH3 is 2. The van der Waals surface area contributed by atoms with Crippen molar-refractivity contribution in [1.29, 1.82) is 0 Å². The molecule has 0 saturated carbocycles. The monoisotopic (exact) mass is 351 g/mol. The van der Waals surface area contributed by atoms with Gasteiger partial charge in [0.2, 0.25) is 0 Å². The van der Waals surface area contributed by atoms with Crippen molar-refractivity contribution in [3.63, 3.8) is 0 Å². The molecular formula is C14H33NO5Si2. The van der Waals surface area contributed by atoms with Crippen LogP contribution in [-0.2, 0) is 23.2 Å². The van der Waals surface area contributed by atoms with Gasteiger partial charge >= 0.3 is 0 Å². The molecule has 0 aromatic rings. The maximum Gasteiger partial charge on any atom is 0.184 e. The van der Waals surface area contributed by atoms with Crippen LogP contribution in [0.4, 0.5) is 0 Å². The molecule has 22 heavy (non-hydrogen) atoms. The molecule has 0 spiro atoms. The highest BCUT2D eigenvalue weighted by Gasteiger charge is 2.34. The average Bonchev–Trinajstić information content (AvgIpc) is 2.37. The van der Waals surface area contributed by atoms with Crippen LogP contribution >= 0.6 is 0 Å². The zero-order chi connectivity index (χ0) is 17.4. The second-order valence-corrected chi connectivity index (χ2v) is 16.0. The van der Waals surface area contributed by atoms with E-state index in [0.29, 0.717) is 6.61 Å². The molecule has 0 aromatic carbocycles. The third kappa shape index (κ3) is 9.70. The van der Waals surface area contributed by atoms with Crippen LogP contribution in [-0.4, -0.2) is 69.1 Å². The van der Waals surface area contributed by atoms with E-state index in [1.165, 1.54) is 7.11 Å². The van der Waals surface area contributed by atoms with Crippen LogP contribution in [0.25, 0.3) is 0 Å². The van der Waals surface area contributed by atoms with Gasteiger partial charge < -0.3 is 23.2 Å². The zero-order valence-corrected chi connectivity index (χ0v) is 17.5. The molecule has 0 bridgehead atoms. The Kier molecular flexibility index (Phi) is 9.67. The lowest BCUT2D eigenvalue weighted by Gasteiger charge is -2.35. The van der Waals surface area contributed by atoms with E-state index in [1.54, 1.807) is 20.4 Å². The SMILES string of the molecule is CO/N=C/C(OC)C(OC)C(CO[Si](C)(C)C)O[Si](C)(C)C. The molecule has 0 aliphatic heterocycles. The number of oxime groups is 1. The Morgan fingerprint density at radius 3 is 1.86 bits per heavy atom. The van der Waals surface area contributed by atoms with Crippen molar-refractivity contribution in [2.24, 2.45) is 5.16 Å². The lowest BCUT2D eigenvalue weighted by atomic mass is 10.1. The summed E-state index contributed by atoms with van der Waals surface area (Å²) < 4.78 is 23.4. The minimum absolute atomic E-state index is 0.211. The van der Waals surface area contributed by atoms with E-state index < -0.39 is 16.6 Å². The molecule has 0 N–H and O–H groups in total. The number of ether oxygens (including phenoxy) is 2. The Morgan fingerprint density at radius 1 is 0.909 bits per heavy atom. The van der Waals surface area contributed by atoms with Gasteiger partial charge in [0.05, 0.1) is 18.9 Å². The van der Waals surface area contributed by atoms with Crippen LogP contribution in [0.3, 0.4) is 0 Å². The van der Waals surface area contributed by atoms with Crippen LogP contribution in [0.1, 0.15) is 0 Å². The van der Waals surface area contributed by atoms with Crippen LogP contribution in [0.5, 0.6) is 0 Å². The Balaban J connectivity index is 5.16. The van der Waals surface area contributed by atoms with Gasteiger partial charge in [-0.2, -0.15) is 0 Å². The maximum atomic E-state index is 6.28. The highest BCUT2D eigenvalue weighted by molar-refractivity contribution is 6.70. The number of nitrogens with zero attached hydrogens (tertiary/aromatic N) is 1. The second-order valence-electron chi connectivity index (χ2n) is 7.03. The van der Waals surface area contributed by atoms with E-state index in [4.69, 9.17) is 23.2 Å². The topological polar surface area (TPSA) is 58.5 Å². The van der Waals surface area contributed by atoms with Crippen LogP contribution in [0.15, 0.2) is 5.16 Å². The van der Waals surface area contributed by atoms with Gasteiger partial charge in [-0.3, -0.25) is 0 Å². The van der Waals surface area contributed by atoms with Crippen molar-refractivity contribution in [1.82, 2.24) is 0 Å². The lowest BCUT2D eigenvalue weighted by molar-refractivity contribution is -0.0764. The molecule has 0 saturated heterocycles. The van der Waals surface area contributed by atoms with Crippen molar-refractivity contribution < 1.29 is 23.2 Å². The summed E-state index contributed by atoms with van der Waals surface area (Å²) in [5.74, 6) is 0. The van der Waals surface area contributed by atoms with E-state index >= 15 is 0 Å². The molecule has 0 rings (SSSR count). The maximum absolute atomic E-state index is 6.28. The first-order chi connectivity index (χ1) is 10.0. The Labute approximate surface area is 137 Å². The summed E-state index contributed by atoms with van der Waals surface area (Å²) in [6, 6.07) is 0. The first-order valence-electron chi connectivity index (χ1n) is 7.48. The van der Waals surface area contributed by atoms with Crippen molar-refractivity contribution in [3.8, 4) is 0 Å². The third-order valence-corrected chi connectivity index (χ3v) is 4.78. The first-order valence-corrected chi connectivity index (χ1v) is 14.3. The van der Waals surface area contributed by atoms with Crippen molar-refractivity contribution >= 4 is 22.8 Å². The predicted octanol–water partition coefficient (Wildman–Crippen LogP) is 2.72. The van der Waals surface area contributed by atoms with Crippen LogP contribution in [0, 0.1) is 0 Å². The van der Waals surface area contributed by atoms with Gasteiger partial charge in [0.1, 0.15) is 19.3 Å². The van der Waals surface area contributed by atoms with Gasteiger partial charge in [-0.15, -0.1) is 0 Å². The Hall–Kier alpha value is -0.256. The summed E-state index contributed by atoms with van der Waals surface area (Å²) in [6.45, 7) is 13.4. The zero-order valence-electron chi connectivity index (χ0n) is 15.5. The van der Waals surface area contributed by atoms with Gasteiger partial charge in [0.25, 0.3) is 0 Å². The molecule has 0 aliphatic carbocycles. The number of hydrogen-bond donors (Lipinski definition) is 0. The van der Waals surface area contributed by atoms with Crippen molar-refractivity contribution in [3.05, 3.63) is 0 Å². The fourth-order valence-electron chi connectivity index (χ4n) is 1.88. The van der Waals surface area contributed by atoms with E-state index in [0.717, 1.165) is 0 Å². The summed E-state index contributed by atoms with van der Waals surface area (Å²) in [5, 5.41) is 3.79. The molecule has 8 heteroatoms.